The van der Waals surface area contributed by atoms with Gasteiger partial charge in [-0.2, -0.15) is 5.10 Å². The van der Waals surface area contributed by atoms with Crippen molar-refractivity contribution < 1.29 is 9.72 Å². The third kappa shape index (κ3) is 4.58. The number of aryl methyl sites for hydroxylation is 1. The lowest BCUT2D eigenvalue weighted by Gasteiger charge is -2.35. The van der Waals surface area contributed by atoms with Crippen molar-refractivity contribution in [3.63, 3.8) is 0 Å². The summed E-state index contributed by atoms with van der Waals surface area (Å²) >= 11 is 0. The molecular formula is C21H29N5O3. The van der Waals surface area contributed by atoms with E-state index >= 15 is 0 Å². The molecule has 0 bridgehead atoms. The predicted octanol–water partition coefficient (Wildman–Crippen LogP) is 2.96. The van der Waals surface area contributed by atoms with Crippen molar-refractivity contribution in [3.05, 3.63) is 51.3 Å². The third-order valence-corrected chi connectivity index (χ3v) is 5.45. The maximum Gasteiger partial charge on any atom is 0.292 e. The van der Waals surface area contributed by atoms with Crippen LogP contribution < -0.4 is 4.90 Å². The molecule has 1 fully saturated rings. The molecule has 8 heteroatoms. The lowest BCUT2D eigenvalue weighted by atomic mass is 10.1. The summed E-state index contributed by atoms with van der Waals surface area (Å²) < 4.78 is 2.00. The molecule has 0 aliphatic carbocycles. The topological polar surface area (TPSA) is 84.5 Å². The number of hydrogen-bond acceptors (Lipinski definition) is 5. The minimum absolute atomic E-state index is 0.0857. The van der Waals surface area contributed by atoms with Crippen molar-refractivity contribution in [2.45, 2.75) is 40.7 Å². The molecule has 0 atom stereocenters. The number of benzene rings is 1. The smallest absolute Gasteiger partial charge is 0.292 e. The van der Waals surface area contributed by atoms with Crippen LogP contribution in [0.2, 0.25) is 0 Å². The van der Waals surface area contributed by atoms with Crippen molar-refractivity contribution in [3.8, 4) is 0 Å². The van der Waals surface area contributed by atoms with Gasteiger partial charge in [-0.05, 0) is 25.8 Å². The molecule has 2 aromatic rings. The Morgan fingerprint density at radius 2 is 1.83 bits per heavy atom. The zero-order valence-electron chi connectivity index (χ0n) is 17.6. The van der Waals surface area contributed by atoms with E-state index in [0.29, 0.717) is 44.2 Å². The second-order valence-electron chi connectivity index (χ2n) is 8.02. The highest BCUT2D eigenvalue weighted by Crippen LogP contribution is 2.28. The quantitative estimate of drug-likeness (QED) is 0.551. The Bertz CT molecular complexity index is 898. The molecule has 0 unspecified atom stereocenters. The number of nitro benzene ring substituents is 1. The summed E-state index contributed by atoms with van der Waals surface area (Å²) in [6.07, 6.45) is 0.348. The second-order valence-corrected chi connectivity index (χ2v) is 8.02. The molecule has 1 aliphatic rings. The average Bonchev–Trinajstić information content (AvgIpc) is 2.94. The Kier molecular flexibility index (Phi) is 6.20. The fourth-order valence-corrected chi connectivity index (χ4v) is 3.86. The zero-order chi connectivity index (χ0) is 21.1. The standard InChI is InChI=1S/C21H29N5O3/c1-15(2)14-25-17(4)18(16(3)22-25)13-21(27)24-11-9-23(10-12-24)19-7-5-6-8-20(19)26(28)29/h5-8,15H,9-14H2,1-4H3. The van der Waals surface area contributed by atoms with Gasteiger partial charge in [-0.15, -0.1) is 0 Å². The van der Waals surface area contributed by atoms with Gasteiger partial charge in [0.15, 0.2) is 0 Å². The van der Waals surface area contributed by atoms with Gasteiger partial charge in [-0.3, -0.25) is 19.6 Å². The van der Waals surface area contributed by atoms with E-state index in [0.717, 1.165) is 23.5 Å². The minimum atomic E-state index is -0.354. The molecule has 2 heterocycles. The molecule has 1 aliphatic heterocycles. The van der Waals surface area contributed by atoms with Gasteiger partial charge in [0.05, 0.1) is 17.0 Å². The molecule has 3 rings (SSSR count). The van der Waals surface area contributed by atoms with Crippen LogP contribution in [0.1, 0.15) is 30.8 Å². The SMILES string of the molecule is Cc1nn(CC(C)C)c(C)c1CC(=O)N1CCN(c2ccccc2[N+](=O)[O-])CC1. The highest BCUT2D eigenvalue weighted by Gasteiger charge is 2.26. The Morgan fingerprint density at radius 1 is 1.17 bits per heavy atom. The largest absolute Gasteiger partial charge is 0.362 e. The summed E-state index contributed by atoms with van der Waals surface area (Å²) in [5.74, 6) is 0.578. The van der Waals surface area contributed by atoms with Gasteiger partial charge in [-0.25, -0.2) is 0 Å². The van der Waals surface area contributed by atoms with Crippen LogP contribution in [0.25, 0.3) is 0 Å². The normalized spacial score (nSPS) is 14.5. The van der Waals surface area contributed by atoms with Gasteiger partial charge in [-0.1, -0.05) is 26.0 Å². The molecule has 0 spiro atoms. The van der Waals surface area contributed by atoms with E-state index in [2.05, 4.69) is 18.9 Å². The molecule has 0 radical (unpaired) electrons. The number of nitrogens with zero attached hydrogens (tertiary/aromatic N) is 5. The minimum Gasteiger partial charge on any atom is -0.362 e. The Morgan fingerprint density at radius 3 is 2.45 bits per heavy atom. The van der Waals surface area contributed by atoms with Crippen molar-refractivity contribution in [2.24, 2.45) is 5.92 Å². The number of rotatable bonds is 6. The number of aromatic nitrogens is 2. The summed E-state index contributed by atoms with van der Waals surface area (Å²) in [5, 5.41) is 15.9. The number of para-hydroxylation sites is 2. The molecule has 29 heavy (non-hydrogen) atoms. The predicted molar refractivity (Wildman–Crippen MR) is 112 cm³/mol. The number of piperazine rings is 1. The van der Waals surface area contributed by atoms with Crippen LogP contribution in [0.15, 0.2) is 24.3 Å². The van der Waals surface area contributed by atoms with Gasteiger partial charge in [0.1, 0.15) is 5.69 Å². The Labute approximate surface area is 171 Å². The molecule has 8 nitrogen and oxygen atoms in total. The molecular weight excluding hydrogens is 370 g/mol. The van der Waals surface area contributed by atoms with E-state index in [9.17, 15) is 14.9 Å². The first-order chi connectivity index (χ1) is 13.8. The third-order valence-electron chi connectivity index (χ3n) is 5.45. The van der Waals surface area contributed by atoms with Crippen molar-refractivity contribution in [1.82, 2.24) is 14.7 Å². The van der Waals surface area contributed by atoms with Gasteiger partial charge >= 0.3 is 0 Å². The monoisotopic (exact) mass is 399 g/mol. The molecule has 0 saturated carbocycles. The van der Waals surface area contributed by atoms with Crippen LogP contribution in [0.4, 0.5) is 11.4 Å². The summed E-state index contributed by atoms with van der Waals surface area (Å²) in [4.78, 5) is 27.6. The maximum absolute atomic E-state index is 12.9. The van der Waals surface area contributed by atoms with Crippen molar-refractivity contribution >= 4 is 17.3 Å². The fraction of sp³-hybridized carbons (Fsp3) is 0.524. The number of amides is 1. The second kappa shape index (κ2) is 8.63. The number of carbonyl (C=O) groups excluding carboxylic acids is 1. The highest BCUT2D eigenvalue weighted by atomic mass is 16.6. The lowest BCUT2D eigenvalue weighted by Crippen LogP contribution is -2.49. The van der Waals surface area contributed by atoms with E-state index in [1.807, 2.05) is 28.3 Å². The molecule has 156 valence electrons. The summed E-state index contributed by atoms with van der Waals surface area (Å²) in [5.41, 5.74) is 3.71. The zero-order valence-corrected chi connectivity index (χ0v) is 17.6. The summed E-state index contributed by atoms with van der Waals surface area (Å²) in [7, 11) is 0. The molecule has 1 saturated heterocycles. The molecule has 0 N–H and O–H groups in total. The first-order valence-corrected chi connectivity index (χ1v) is 10.1. The number of hydrogen-bond donors (Lipinski definition) is 0. The van der Waals surface area contributed by atoms with Crippen LogP contribution in [0.5, 0.6) is 0 Å². The van der Waals surface area contributed by atoms with Crippen LogP contribution in [0.3, 0.4) is 0 Å². The van der Waals surface area contributed by atoms with Crippen molar-refractivity contribution in [2.75, 3.05) is 31.1 Å². The van der Waals surface area contributed by atoms with E-state index in [-0.39, 0.29) is 16.5 Å². The first-order valence-electron chi connectivity index (χ1n) is 10.1. The van der Waals surface area contributed by atoms with Gasteiger partial charge in [0.25, 0.3) is 5.69 Å². The van der Waals surface area contributed by atoms with E-state index in [4.69, 9.17) is 0 Å². The van der Waals surface area contributed by atoms with Crippen LogP contribution in [-0.2, 0) is 17.8 Å². The van der Waals surface area contributed by atoms with E-state index in [1.165, 1.54) is 6.07 Å². The van der Waals surface area contributed by atoms with Gasteiger partial charge in [0, 0.05) is 50.0 Å². The fourth-order valence-electron chi connectivity index (χ4n) is 3.86. The van der Waals surface area contributed by atoms with Crippen LogP contribution in [0, 0.1) is 29.9 Å². The first kappa shape index (κ1) is 20.8. The molecule has 1 amide bonds. The number of carbonyl (C=O) groups is 1. The average molecular weight is 399 g/mol. The van der Waals surface area contributed by atoms with Gasteiger partial charge < -0.3 is 9.80 Å². The van der Waals surface area contributed by atoms with E-state index in [1.54, 1.807) is 18.2 Å². The summed E-state index contributed by atoms with van der Waals surface area (Å²) in [6.45, 7) is 11.4. The number of anilines is 1. The van der Waals surface area contributed by atoms with Crippen LogP contribution >= 0.6 is 0 Å². The van der Waals surface area contributed by atoms with Crippen LogP contribution in [-0.4, -0.2) is 51.7 Å². The van der Waals surface area contributed by atoms with Gasteiger partial charge in [0.2, 0.25) is 5.91 Å². The highest BCUT2D eigenvalue weighted by molar-refractivity contribution is 5.79. The summed E-state index contributed by atoms with van der Waals surface area (Å²) in [6, 6.07) is 6.77. The molecule has 1 aromatic heterocycles. The Balaban J connectivity index is 1.64. The van der Waals surface area contributed by atoms with E-state index < -0.39 is 0 Å². The number of nitro groups is 1. The molecule has 1 aromatic carbocycles. The maximum atomic E-state index is 12.9. The van der Waals surface area contributed by atoms with Crippen molar-refractivity contribution in [1.29, 1.82) is 0 Å². The lowest BCUT2D eigenvalue weighted by molar-refractivity contribution is -0.384. The Hall–Kier alpha value is -2.90.